The van der Waals surface area contributed by atoms with Gasteiger partial charge in [0.2, 0.25) is 0 Å². The Bertz CT molecular complexity index is 474. The van der Waals surface area contributed by atoms with Crippen LogP contribution in [0.3, 0.4) is 0 Å². The van der Waals surface area contributed by atoms with Crippen molar-refractivity contribution in [3.05, 3.63) is 28.0 Å². The first-order chi connectivity index (χ1) is 8.78. The molecule has 1 aromatic carbocycles. The molecule has 1 aromatic rings. The standard InChI is InChI=1S/C13H16BrFO4/c1-13(2,18-3)6-7-19-9-5-4-8(12(16)17)10(14)11(9)15/h4-5H,6-7H2,1-3H3,(H,16,17). The van der Waals surface area contributed by atoms with Crippen LogP contribution in [0.1, 0.15) is 30.6 Å². The van der Waals surface area contributed by atoms with E-state index < -0.39 is 11.8 Å². The molecule has 0 atom stereocenters. The van der Waals surface area contributed by atoms with Crippen LogP contribution in [-0.2, 0) is 4.74 Å². The number of rotatable bonds is 6. The second-order valence-electron chi connectivity index (χ2n) is 4.61. The van der Waals surface area contributed by atoms with Crippen LogP contribution in [0.15, 0.2) is 16.6 Å². The number of benzene rings is 1. The van der Waals surface area contributed by atoms with E-state index in [-0.39, 0.29) is 28.0 Å². The summed E-state index contributed by atoms with van der Waals surface area (Å²) in [5, 5.41) is 8.84. The molecule has 0 unspecified atom stereocenters. The minimum Gasteiger partial charge on any atom is -0.490 e. The quantitative estimate of drug-likeness (QED) is 0.865. The third-order valence-corrected chi connectivity index (χ3v) is 3.57. The predicted octanol–water partition coefficient (Wildman–Crippen LogP) is 3.48. The zero-order valence-electron chi connectivity index (χ0n) is 11.0. The lowest BCUT2D eigenvalue weighted by atomic mass is 10.1. The lowest BCUT2D eigenvalue weighted by Gasteiger charge is -2.22. The first kappa shape index (κ1) is 15.9. The Morgan fingerprint density at radius 3 is 2.63 bits per heavy atom. The molecule has 0 spiro atoms. The molecule has 1 N–H and O–H groups in total. The van der Waals surface area contributed by atoms with Crippen molar-refractivity contribution >= 4 is 21.9 Å². The normalized spacial score (nSPS) is 11.4. The second-order valence-corrected chi connectivity index (χ2v) is 5.40. The molecule has 4 nitrogen and oxygen atoms in total. The maximum absolute atomic E-state index is 13.9. The fourth-order valence-corrected chi connectivity index (χ4v) is 1.81. The molecular weight excluding hydrogens is 319 g/mol. The van der Waals surface area contributed by atoms with E-state index in [0.717, 1.165) is 0 Å². The molecule has 0 saturated carbocycles. The van der Waals surface area contributed by atoms with Crippen LogP contribution in [0, 0.1) is 5.82 Å². The molecule has 0 bridgehead atoms. The largest absolute Gasteiger partial charge is 0.490 e. The van der Waals surface area contributed by atoms with Crippen LogP contribution >= 0.6 is 15.9 Å². The molecule has 6 heteroatoms. The summed E-state index contributed by atoms with van der Waals surface area (Å²) in [5.41, 5.74) is -0.489. The third-order valence-electron chi connectivity index (χ3n) is 2.79. The van der Waals surface area contributed by atoms with Gasteiger partial charge in [0.05, 0.1) is 22.2 Å². The number of hydrogen-bond donors (Lipinski definition) is 1. The van der Waals surface area contributed by atoms with Crippen molar-refractivity contribution in [1.82, 2.24) is 0 Å². The smallest absolute Gasteiger partial charge is 0.336 e. The van der Waals surface area contributed by atoms with E-state index in [1.54, 1.807) is 7.11 Å². The van der Waals surface area contributed by atoms with Gasteiger partial charge in [-0.3, -0.25) is 0 Å². The van der Waals surface area contributed by atoms with E-state index in [1.807, 2.05) is 13.8 Å². The van der Waals surface area contributed by atoms with E-state index in [4.69, 9.17) is 14.6 Å². The van der Waals surface area contributed by atoms with Gasteiger partial charge < -0.3 is 14.6 Å². The highest BCUT2D eigenvalue weighted by Crippen LogP contribution is 2.29. The van der Waals surface area contributed by atoms with E-state index in [2.05, 4.69) is 15.9 Å². The zero-order chi connectivity index (χ0) is 14.6. The van der Waals surface area contributed by atoms with Gasteiger partial charge >= 0.3 is 5.97 Å². The van der Waals surface area contributed by atoms with Crippen LogP contribution in [0.25, 0.3) is 0 Å². The minimum absolute atomic E-state index is 0.0174. The zero-order valence-corrected chi connectivity index (χ0v) is 12.6. The first-order valence-electron chi connectivity index (χ1n) is 5.68. The molecule has 1 rings (SSSR count). The Morgan fingerprint density at radius 2 is 2.11 bits per heavy atom. The Morgan fingerprint density at radius 1 is 1.47 bits per heavy atom. The highest BCUT2D eigenvalue weighted by Gasteiger charge is 2.19. The fraction of sp³-hybridized carbons (Fsp3) is 0.462. The summed E-state index contributed by atoms with van der Waals surface area (Å²) in [6.45, 7) is 4.07. The summed E-state index contributed by atoms with van der Waals surface area (Å²) in [5.74, 6) is -1.89. The molecule has 0 aliphatic carbocycles. The summed E-state index contributed by atoms with van der Waals surface area (Å²) in [6, 6.07) is 2.61. The van der Waals surface area contributed by atoms with Crippen molar-refractivity contribution in [1.29, 1.82) is 0 Å². The molecule has 0 fully saturated rings. The van der Waals surface area contributed by atoms with Gasteiger partial charge in [0, 0.05) is 13.5 Å². The SMILES string of the molecule is COC(C)(C)CCOc1ccc(C(=O)O)c(Br)c1F. The van der Waals surface area contributed by atoms with E-state index in [9.17, 15) is 9.18 Å². The minimum atomic E-state index is -1.20. The Hall–Kier alpha value is -1.14. The molecular formula is C13H16BrFO4. The van der Waals surface area contributed by atoms with Crippen molar-refractivity contribution in [2.45, 2.75) is 25.9 Å². The molecule has 0 saturated heterocycles. The number of carboxylic acids is 1. The van der Waals surface area contributed by atoms with Gasteiger partial charge in [-0.15, -0.1) is 0 Å². The number of methoxy groups -OCH3 is 1. The maximum atomic E-state index is 13.9. The van der Waals surface area contributed by atoms with Crippen LogP contribution in [0.5, 0.6) is 5.75 Å². The van der Waals surface area contributed by atoms with Crippen molar-refractivity contribution in [2.75, 3.05) is 13.7 Å². The molecule has 0 radical (unpaired) electrons. The van der Waals surface area contributed by atoms with E-state index in [0.29, 0.717) is 6.42 Å². The molecule has 106 valence electrons. The molecule has 0 heterocycles. The van der Waals surface area contributed by atoms with Crippen LogP contribution < -0.4 is 4.74 Å². The van der Waals surface area contributed by atoms with Crippen LogP contribution in [0.4, 0.5) is 4.39 Å². The highest BCUT2D eigenvalue weighted by molar-refractivity contribution is 9.10. The average Bonchev–Trinajstić information content (AvgIpc) is 2.34. The summed E-state index contributed by atoms with van der Waals surface area (Å²) in [6.07, 6.45) is 0.585. The van der Waals surface area contributed by atoms with Crippen molar-refractivity contribution in [2.24, 2.45) is 0 Å². The summed E-state index contributed by atoms with van der Waals surface area (Å²) in [4.78, 5) is 10.8. The molecule has 0 aromatic heterocycles. The van der Waals surface area contributed by atoms with E-state index in [1.165, 1.54) is 12.1 Å². The monoisotopic (exact) mass is 334 g/mol. The average molecular weight is 335 g/mol. The highest BCUT2D eigenvalue weighted by atomic mass is 79.9. The summed E-state index contributed by atoms with van der Waals surface area (Å²) >= 11 is 2.92. The Balaban J connectivity index is 2.76. The van der Waals surface area contributed by atoms with Crippen molar-refractivity contribution in [3.8, 4) is 5.75 Å². The first-order valence-corrected chi connectivity index (χ1v) is 6.47. The number of ether oxygens (including phenoxy) is 2. The van der Waals surface area contributed by atoms with Crippen molar-refractivity contribution < 1.29 is 23.8 Å². The molecule has 0 aliphatic heterocycles. The topological polar surface area (TPSA) is 55.8 Å². The number of carboxylic acid groups (broad SMARTS) is 1. The molecule has 19 heavy (non-hydrogen) atoms. The van der Waals surface area contributed by atoms with Gasteiger partial charge in [0.25, 0.3) is 0 Å². The summed E-state index contributed by atoms with van der Waals surface area (Å²) in [7, 11) is 1.60. The third kappa shape index (κ3) is 4.18. The van der Waals surface area contributed by atoms with Gasteiger partial charge in [0.1, 0.15) is 0 Å². The van der Waals surface area contributed by atoms with E-state index >= 15 is 0 Å². The number of halogens is 2. The number of aromatic carboxylic acids is 1. The predicted molar refractivity (Wildman–Crippen MR) is 72.3 cm³/mol. The van der Waals surface area contributed by atoms with Gasteiger partial charge in [-0.1, -0.05) is 0 Å². The Labute approximate surface area is 119 Å². The van der Waals surface area contributed by atoms with Gasteiger partial charge in [0.15, 0.2) is 11.6 Å². The fourth-order valence-electron chi connectivity index (χ4n) is 1.32. The maximum Gasteiger partial charge on any atom is 0.336 e. The van der Waals surface area contributed by atoms with Gasteiger partial charge in [-0.25, -0.2) is 9.18 Å². The van der Waals surface area contributed by atoms with Gasteiger partial charge in [-0.2, -0.15) is 0 Å². The second kappa shape index (κ2) is 6.34. The summed E-state index contributed by atoms with van der Waals surface area (Å²) < 4.78 is 24.3. The van der Waals surface area contributed by atoms with Gasteiger partial charge in [-0.05, 0) is 41.9 Å². The van der Waals surface area contributed by atoms with Crippen LogP contribution in [0.2, 0.25) is 0 Å². The molecule has 0 amide bonds. The lowest BCUT2D eigenvalue weighted by Crippen LogP contribution is -2.25. The Kier molecular flexibility index (Phi) is 5.31. The lowest BCUT2D eigenvalue weighted by molar-refractivity contribution is 0.00513. The number of hydrogen-bond acceptors (Lipinski definition) is 3. The van der Waals surface area contributed by atoms with Crippen LogP contribution in [-0.4, -0.2) is 30.4 Å². The molecule has 0 aliphatic rings. The number of carbonyl (C=O) groups is 1. The van der Waals surface area contributed by atoms with Crippen molar-refractivity contribution in [3.63, 3.8) is 0 Å².